The lowest BCUT2D eigenvalue weighted by atomic mass is 10.1. The molecule has 2 heterocycles. The highest BCUT2D eigenvalue weighted by Crippen LogP contribution is 2.37. The summed E-state index contributed by atoms with van der Waals surface area (Å²) in [7, 11) is 0. The van der Waals surface area contributed by atoms with E-state index >= 15 is 0 Å². The molecule has 1 aliphatic rings. The van der Waals surface area contributed by atoms with Gasteiger partial charge < -0.3 is 21.1 Å². The summed E-state index contributed by atoms with van der Waals surface area (Å²) >= 11 is 0.897. The molecule has 1 aromatic heterocycles. The zero-order chi connectivity index (χ0) is 21.1. The molecule has 5 N–H and O–H groups in total. The number of nitrogens with one attached hydrogen (secondary N) is 1. The number of esters is 1. The number of likely N-dealkylation sites (tertiary alicyclic amines) is 1. The Balaban J connectivity index is 1.86. The smallest absolute Gasteiger partial charge is 0.341 e. The van der Waals surface area contributed by atoms with E-state index in [1.54, 1.807) is 0 Å². The molecule has 29 heavy (non-hydrogen) atoms. The number of carbonyl (C=O) groups is 3. The van der Waals surface area contributed by atoms with Gasteiger partial charge >= 0.3 is 18.0 Å². The lowest BCUT2D eigenvalue weighted by Gasteiger charge is -2.31. The first kappa shape index (κ1) is 20.5. The summed E-state index contributed by atoms with van der Waals surface area (Å²) in [5.41, 5.74) is 10.4. The van der Waals surface area contributed by atoms with E-state index in [1.165, 1.54) is 17.0 Å². The highest BCUT2D eigenvalue weighted by atomic mass is 32.1. The van der Waals surface area contributed by atoms with Crippen LogP contribution in [0.3, 0.4) is 0 Å². The van der Waals surface area contributed by atoms with Crippen LogP contribution in [-0.2, 0) is 4.74 Å². The van der Waals surface area contributed by atoms with Crippen LogP contribution in [0.2, 0.25) is 0 Å². The minimum Gasteiger partial charge on any atom is -0.457 e. The van der Waals surface area contributed by atoms with Crippen molar-refractivity contribution in [1.82, 2.24) is 4.90 Å². The molecule has 0 spiro atoms. The first-order valence-electron chi connectivity index (χ1n) is 8.65. The number of nitrogens with zero attached hydrogens (tertiary/aromatic N) is 1. The number of thiophene rings is 1. The minimum absolute atomic E-state index is 0.0243. The van der Waals surface area contributed by atoms with Gasteiger partial charge in [0.05, 0.1) is 12.1 Å². The van der Waals surface area contributed by atoms with Crippen LogP contribution in [0.5, 0.6) is 0 Å². The van der Waals surface area contributed by atoms with Crippen LogP contribution in [0, 0.1) is 11.6 Å². The summed E-state index contributed by atoms with van der Waals surface area (Å²) in [5, 5.41) is 2.39. The number of halogens is 2. The third-order valence-corrected chi connectivity index (χ3v) is 5.43. The number of urea groups is 2. The second-order valence-electron chi connectivity index (χ2n) is 6.42. The monoisotopic (exact) mass is 424 g/mol. The van der Waals surface area contributed by atoms with Gasteiger partial charge in [0.25, 0.3) is 0 Å². The van der Waals surface area contributed by atoms with Crippen LogP contribution in [0.1, 0.15) is 23.2 Å². The molecule has 1 atom stereocenters. The van der Waals surface area contributed by atoms with Gasteiger partial charge in [-0.1, -0.05) is 0 Å². The molecular weight excluding hydrogens is 406 g/mol. The topological polar surface area (TPSA) is 128 Å². The summed E-state index contributed by atoms with van der Waals surface area (Å²) < 4.78 is 32.7. The molecule has 3 rings (SSSR count). The number of anilines is 1. The second kappa shape index (κ2) is 8.43. The molecule has 1 unspecified atom stereocenters. The molecule has 1 aliphatic heterocycles. The zero-order valence-electron chi connectivity index (χ0n) is 15.1. The van der Waals surface area contributed by atoms with Crippen molar-refractivity contribution < 1.29 is 27.9 Å². The number of rotatable bonds is 4. The van der Waals surface area contributed by atoms with Crippen LogP contribution in [-0.4, -0.2) is 42.1 Å². The van der Waals surface area contributed by atoms with E-state index in [9.17, 15) is 23.2 Å². The van der Waals surface area contributed by atoms with E-state index < -0.39 is 35.8 Å². The Morgan fingerprint density at radius 1 is 1.21 bits per heavy atom. The largest absolute Gasteiger partial charge is 0.457 e. The van der Waals surface area contributed by atoms with Crippen LogP contribution < -0.4 is 16.8 Å². The van der Waals surface area contributed by atoms with Crippen molar-refractivity contribution in [2.24, 2.45) is 11.5 Å². The number of benzene rings is 1. The SMILES string of the molecule is NC(=O)Nc1sc(-c2ccc(F)cc2F)cc1C(=O)OC1CCCN(C(N)=O)C1. The van der Waals surface area contributed by atoms with Crippen molar-refractivity contribution in [2.75, 3.05) is 18.4 Å². The summed E-state index contributed by atoms with van der Waals surface area (Å²) in [6.07, 6.45) is 0.580. The van der Waals surface area contributed by atoms with E-state index in [2.05, 4.69) is 5.32 Å². The quantitative estimate of drug-likeness (QED) is 0.652. The van der Waals surface area contributed by atoms with Crippen molar-refractivity contribution in [2.45, 2.75) is 18.9 Å². The standard InChI is InChI=1S/C18H18F2N4O4S/c19-9-3-4-11(13(20)6-9)14-7-12(15(29-14)23-17(21)26)16(25)28-10-2-1-5-24(8-10)18(22)27/h3-4,6-7,10H,1-2,5,8H2,(H2,22,27)(H3,21,23,26). The average molecular weight is 424 g/mol. The van der Waals surface area contributed by atoms with E-state index in [1.807, 2.05) is 0 Å². The van der Waals surface area contributed by atoms with Crippen molar-refractivity contribution in [3.05, 3.63) is 41.5 Å². The molecular formula is C18H18F2N4O4S. The summed E-state index contributed by atoms with van der Waals surface area (Å²) in [6, 6.07) is 2.84. The summed E-state index contributed by atoms with van der Waals surface area (Å²) in [5.74, 6) is -2.33. The van der Waals surface area contributed by atoms with Gasteiger partial charge in [0.15, 0.2) is 0 Å². The van der Waals surface area contributed by atoms with E-state index in [4.69, 9.17) is 16.2 Å². The molecule has 0 radical (unpaired) electrons. The lowest BCUT2D eigenvalue weighted by molar-refractivity contribution is 0.0129. The van der Waals surface area contributed by atoms with Gasteiger partial charge in [-0.05, 0) is 31.0 Å². The Labute approximate surface area is 168 Å². The maximum absolute atomic E-state index is 14.1. The summed E-state index contributed by atoms with van der Waals surface area (Å²) in [6.45, 7) is 0.632. The third-order valence-electron chi connectivity index (χ3n) is 4.35. The molecule has 1 saturated heterocycles. The molecule has 0 saturated carbocycles. The van der Waals surface area contributed by atoms with Gasteiger partial charge in [0, 0.05) is 23.1 Å². The molecule has 2 aromatic rings. The van der Waals surface area contributed by atoms with Gasteiger partial charge in [0.1, 0.15) is 22.7 Å². The Hall–Kier alpha value is -3.21. The minimum atomic E-state index is -0.912. The first-order valence-corrected chi connectivity index (χ1v) is 9.47. The molecule has 4 amide bonds. The number of hydrogen-bond acceptors (Lipinski definition) is 5. The van der Waals surface area contributed by atoms with Crippen molar-refractivity contribution in [3.8, 4) is 10.4 Å². The third kappa shape index (κ3) is 4.80. The number of piperidine rings is 1. The number of hydrogen-bond donors (Lipinski definition) is 3. The molecule has 0 bridgehead atoms. The number of ether oxygens (including phenoxy) is 1. The van der Waals surface area contributed by atoms with Gasteiger partial charge in [-0.15, -0.1) is 11.3 Å². The predicted octanol–water partition coefficient (Wildman–Crippen LogP) is 2.88. The van der Waals surface area contributed by atoms with Gasteiger partial charge in [-0.3, -0.25) is 5.32 Å². The molecule has 11 heteroatoms. The molecule has 0 aliphatic carbocycles. The van der Waals surface area contributed by atoms with Crippen molar-refractivity contribution >= 4 is 34.4 Å². The Morgan fingerprint density at radius 2 is 1.97 bits per heavy atom. The van der Waals surface area contributed by atoms with Gasteiger partial charge in [-0.2, -0.15) is 0 Å². The van der Waals surface area contributed by atoms with Crippen LogP contribution in [0.25, 0.3) is 10.4 Å². The zero-order valence-corrected chi connectivity index (χ0v) is 15.9. The number of amides is 4. The maximum atomic E-state index is 14.1. The number of primary amides is 2. The van der Waals surface area contributed by atoms with Crippen molar-refractivity contribution in [3.63, 3.8) is 0 Å². The average Bonchev–Trinajstić information content (AvgIpc) is 3.04. The second-order valence-corrected chi connectivity index (χ2v) is 7.47. The van der Waals surface area contributed by atoms with E-state index in [-0.39, 0.29) is 27.5 Å². The Morgan fingerprint density at radius 3 is 2.62 bits per heavy atom. The lowest BCUT2D eigenvalue weighted by Crippen LogP contribution is -2.46. The van der Waals surface area contributed by atoms with Crippen LogP contribution in [0.15, 0.2) is 24.3 Å². The van der Waals surface area contributed by atoms with E-state index in [0.29, 0.717) is 25.5 Å². The molecule has 154 valence electrons. The van der Waals surface area contributed by atoms with Gasteiger partial charge in [0.2, 0.25) is 0 Å². The number of carbonyl (C=O) groups excluding carboxylic acids is 3. The Bertz CT molecular complexity index is 965. The van der Waals surface area contributed by atoms with E-state index in [0.717, 1.165) is 17.4 Å². The van der Waals surface area contributed by atoms with Crippen LogP contribution >= 0.6 is 11.3 Å². The molecule has 1 fully saturated rings. The first-order chi connectivity index (χ1) is 13.7. The summed E-state index contributed by atoms with van der Waals surface area (Å²) in [4.78, 5) is 37.0. The van der Waals surface area contributed by atoms with Crippen LogP contribution in [0.4, 0.5) is 23.4 Å². The van der Waals surface area contributed by atoms with Crippen molar-refractivity contribution in [1.29, 1.82) is 0 Å². The molecule has 1 aromatic carbocycles. The molecule has 8 nitrogen and oxygen atoms in total. The predicted molar refractivity (Wildman–Crippen MR) is 102 cm³/mol. The highest BCUT2D eigenvalue weighted by Gasteiger charge is 2.28. The maximum Gasteiger partial charge on any atom is 0.341 e. The highest BCUT2D eigenvalue weighted by molar-refractivity contribution is 7.20. The fourth-order valence-electron chi connectivity index (χ4n) is 3.02. The Kier molecular flexibility index (Phi) is 5.97. The fourth-order valence-corrected chi connectivity index (χ4v) is 4.09. The normalized spacial score (nSPS) is 16.3. The fraction of sp³-hybridized carbons (Fsp3) is 0.278. The van der Waals surface area contributed by atoms with Gasteiger partial charge in [-0.25, -0.2) is 23.2 Å². The number of nitrogens with two attached hydrogens (primary N) is 2.